The van der Waals surface area contributed by atoms with E-state index >= 15 is 0 Å². The number of hydrogen-bond donors (Lipinski definition) is 1. The third kappa shape index (κ3) is 6.85. The van der Waals surface area contributed by atoms with Crippen LogP contribution in [0.25, 0.3) is 16.5 Å². The summed E-state index contributed by atoms with van der Waals surface area (Å²) in [5, 5.41) is 13.1. The van der Waals surface area contributed by atoms with Crippen molar-refractivity contribution in [3.8, 4) is 0 Å². The van der Waals surface area contributed by atoms with E-state index in [9.17, 15) is 37.1 Å². The van der Waals surface area contributed by atoms with Crippen LogP contribution in [0.2, 0.25) is 0 Å². The molecule has 0 aliphatic carbocycles. The second-order valence-electron chi connectivity index (χ2n) is 11.5. The molecule has 1 N–H and O–H groups in total. The van der Waals surface area contributed by atoms with Crippen LogP contribution in [0, 0.1) is 23.3 Å². The lowest BCUT2D eigenvalue weighted by molar-refractivity contribution is -0.142. The summed E-state index contributed by atoms with van der Waals surface area (Å²) >= 11 is 0. The Labute approximate surface area is 272 Å². The van der Waals surface area contributed by atoms with E-state index in [1.54, 1.807) is 6.07 Å². The van der Waals surface area contributed by atoms with Crippen molar-refractivity contribution in [2.24, 2.45) is 0 Å². The minimum atomic E-state index is -1.15. The number of piperazine rings is 1. The van der Waals surface area contributed by atoms with Gasteiger partial charge in [0.15, 0.2) is 0 Å². The Morgan fingerprint density at radius 3 is 2.19 bits per heavy atom. The summed E-state index contributed by atoms with van der Waals surface area (Å²) in [6.45, 7) is 1.23. The topological polar surface area (TPSA) is 82.8 Å². The average molecular weight is 656 g/mol. The van der Waals surface area contributed by atoms with Crippen LogP contribution in [0.15, 0.2) is 102 Å². The van der Waals surface area contributed by atoms with Crippen LogP contribution in [0.3, 0.4) is 0 Å². The highest BCUT2D eigenvalue weighted by Crippen LogP contribution is 2.28. The molecule has 1 amide bonds. The number of benzene rings is 4. The number of carbonyl (C=O) groups is 2. The van der Waals surface area contributed by atoms with Gasteiger partial charge >= 0.3 is 0 Å². The number of rotatable bonds is 8. The maximum Gasteiger partial charge on any atom is 0.294 e. The molecule has 5 aromatic rings. The van der Waals surface area contributed by atoms with Crippen LogP contribution in [0.5, 0.6) is 0 Å². The number of carbonyl (C=O) groups excluding carboxylic acids is 2. The van der Waals surface area contributed by atoms with E-state index in [1.807, 2.05) is 42.5 Å². The highest BCUT2D eigenvalue weighted by Gasteiger charge is 2.27. The zero-order valence-corrected chi connectivity index (χ0v) is 25.5. The molecule has 2 heterocycles. The van der Waals surface area contributed by atoms with Gasteiger partial charge in [0.2, 0.25) is 5.78 Å². The second-order valence-corrected chi connectivity index (χ2v) is 11.5. The summed E-state index contributed by atoms with van der Waals surface area (Å²) in [4.78, 5) is 43.1. The van der Waals surface area contributed by atoms with Gasteiger partial charge in [0.1, 0.15) is 29.0 Å². The zero-order valence-electron chi connectivity index (χ0n) is 25.5. The molecule has 0 atom stereocenters. The molecule has 1 aromatic heterocycles. The van der Waals surface area contributed by atoms with E-state index in [0.717, 1.165) is 27.1 Å². The Morgan fingerprint density at radius 1 is 0.771 bits per heavy atom. The molecule has 7 nitrogen and oxygen atoms in total. The van der Waals surface area contributed by atoms with Gasteiger partial charge in [-0.15, -0.1) is 0 Å². The molecule has 0 spiro atoms. The number of anilines is 1. The first-order chi connectivity index (χ1) is 23.1. The molecular weight excluding hydrogens is 626 g/mol. The van der Waals surface area contributed by atoms with Crippen molar-refractivity contribution in [2.75, 3.05) is 31.1 Å². The molecule has 0 saturated carbocycles. The highest BCUT2D eigenvalue weighted by atomic mass is 19.1. The van der Waals surface area contributed by atoms with Gasteiger partial charge in [-0.3, -0.25) is 14.4 Å². The van der Waals surface area contributed by atoms with Gasteiger partial charge in [-0.05, 0) is 40.8 Å². The Balaban J connectivity index is 1.24. The van der Waals surface area contributed by atoms with E-state index in [0.29, 0.717) is 36.9 Å². The largest absolute Gasteiger partial charge is 0.507 e. The van der Waals surface area contributed by atoms with Gasteiger partial charge < -0.3 is 19.5 Å². The summed E-state index contributed by atoms with van der Waals surface area (Å²) < 4.78 is 57.5. The number of halogens is 4. The number of aromatic nitrogens is 1. The van der Waals surface area contributed by atoms with Gasteiger partial charge in [-0.1, -0.05) is 48.5 Å². The Bertz CT molecular complexity index is 2110. The quantitative estimate of drug-likeness (QED) is 0.0959. The number of amides is 1. The molecule has 1 fully saturated rings. The molecule has 4 aromatic carbocycles. The van der Waals surface area contributed by atoms with Crippen LogP contribution in [0.4, 0.5) is 23.2 Å². The van der Waals surface area contributed by atoms with Crippen molar-refractivity contribution >= 4 is 33.9 Å². The van der Waals surface area contributed by atoms with Gasteiger partial charge in [0.05, 0.1) is 12.1 Å². The predicted octanol–water partition coefficient (Wildman–Crippen LogP) is 6.01. The van der Waals surface area contributed by atoms with Crippen LogP contribution in [-0.4, -0.2) is 52.4 Å². The summed E-state index contributed by atoms with van der Waals surface area (Å²) in [5.74, 6) is -6.74. The van der Waals surface area contributed by atoms with E-state index in [4.69, 9.17) is 0 Å². The molecule has 48 heavy (non-hydrogen) atoms. The molecular formula is C37H29F4N3O4. The molecule has 0 radical (unpaired) electrons. The fourth-order valence-electron chi connectivity index (χ4n) is 5.93. The first-order valence-electron chi connectivity index (χ1n) is 15.2. The molecule has 11 heteroatoms. The number of aliphatic hydroxyl groups is 1. The number of fused-ring (bicyclic) bond motifs is 1. The van der Waals surface area contributed by atoms with Crippen molar-refractivity contribution in [2.45, 2.75) is 13.0 Å². The smallest absolute Gasteiger partial charge is 0.294 e. The molecule has 244 valence electrons. The molecule has 1 aliphatic rings. The summed E-state index contributed by atoms with van der Waals surface area (Å²) in [7, 11) is 0. The lowest BCUT2D eigenvalue weighted by Gasteiger charge is -2.36. The summed E-state index contributed by atoms with van der Waals surface area (Å²) in [6, 6.07) is 21.5. The van der Waals surface area contributed by atoms with Crippen molar-refractivity contribution in [3.63, 3.8) is 0 Å². The first-order valence-corrected chi connectivity index (χ1v) is 15.2. The zero-order chi connectivity index (χ0) is 33.9. The van der Waals surface area contributed by atoms with E-state index < -0.39 is 63.8 Å². The molecule has 1 saturated heterocycles. The molecule has 0 unspecified atom stereocenters. The maximum atomic E-state index is 14.5. The summed E-state index contributed by atoms with van der Waals surface area (Å²) in [5.41, 5.74) is -0.213. The Kier molecular flexibility index (Phi) is 9.11. The van der Waals surface area contributed by atoms with Crippen LogP contribution in [0.1, 0.15) is 22.3 Å². The van der Waals surface area contributed by atoms with E-state index in [2.05, 4.69) is 4.90 Å². The monoisotopic (exact) mass is 655 g/mol. The summed E-state index contributed by atoms with van der Waals surface area (Å²) in [6.07, 6.45) is 1.47. The van der Waals surface area contributed by atoms with Crippen molar-refractivity contribution in [1.82, 2.24) is 9.47 Å². The van der Waals surface area contributed by atoms with Crippen molar-refractivity contribution < 1.29 is 32.3 Å². The van der Waals surface area contributed by atoms with Gasteiger partial charge in [-0.2, -0.15) is 0 Å². The SMILES string of the molecule is O=C(C=C(O)c1cc(Cc2c(F)cc(F)cc2F)cn(Cc2cccc(F)c2)c1=O)C(=O)N1CCN(c2cccc3ccccc23)CC1. The fourth-order valence-corrected chi connectivity index (χ4v) is 5.93. The average Bonchev–Trinajstić information content (AvgIpc) is 3.07. The van der Waals surface area contributed by atoms with Crippen molar-refractivity contribution in [3.05, 3.63) is 153 Å². The molecule has 0 bridgehead atoms. The predicted molar refractivity (Wildman–Crippen MR) is 174 cm³/mol. The molecule has 6 rings (SSSR count). The number of pyridine rings is 1. The van der Waals surface area contributed by atoms with Gasteiger partial charge in [-0.25, -0.2) is 17.6 Å². The van der Waals surface area contributed by atoms with Crippen LogP contribution < -0.4 is 10.5 Å². The Hall–Kier alpha value is -5.71. The lowest BCUT2D eigenvalue weighted by atomic mass is 10.0. The highest BCUT2D eigenvalue weighted by molar-refractivity contribution is 6.41. The maximum absolute atomic E-state index is 14.5. The third-order valence-corrected chi connectivity index (χ3v) is 8.30. The standard InChI is InChI=1S/C37H29F4N3O4/c38-26-8-3-5-23(15-26)21-44-22-24(16-29-31(40)18-27(39)19-32(29)41)17-30(36(44)47)34(45)20-35(46)37(48)43-13-11-42(12-14-43)33-10-4-7-25-6-1-2-9-28(25)33/h1-10,15,17-20,22,45H,11-14,16,21H2. The third-order valence-electron chi connectivity index (χ3n) is 8.30. The first kappa shape index (κ1) is 32.2. The second kappa shape index (κ2) is 13.6. The number of ketones is 1. The van der Waals surface area contributed by atoms with Crippen LogP contribution >= 0.6 is 0 Å². The number of aliphatic hydroxyl groups excluding tert-OH is 1. The Morgan fingerprint density at radius 2 is 1.46 bits per heavy atom. The lowest BCUT2D eigenvalue weighted by Crippen LogP contribution is -2.50. The number of hydrogen-bond acceptors (Lipinski definition) is 5. The normalized spacial score (nSPS) is 13.6. The minimum absolute atomic E-state index is 0.119. The van der Waals surface area contributed by atoms with Gasteiger partial charge in [0, 0.05) is 73.6 Å². The van der Waals surface area contributed by atoms with Gasteiger partial charge in [0.25, 0.3) is 11.5 Å². The van der Waals surface area contributed by atoms with E-state index in [1.165, 1.54) is 29.3 Å². The van der Waals surface area contributed by atoms with Crippen LogP contribution in [-0.2, 0) is 22.6 Å². The molecule has 1 aliphatic heterocycles. The minimum Gasteiger partial charge on any atom is -0.507 e. The fraction of sp³-hybridized carbons (Fsp3) is 0.162. The van der Waals surface area contributed by atoms with E-state index in [-0.39, 0.29) is 25.2 Å². The van der Waals surface area contributed by atoms with Crippen molar-refractivity contribution in [1.29, 1.82) is 0 Å². The number of nitrogens with zero attached hydrogens (tertiary/aromatic N) is 3.